The molecule has 2 aliphatic rings. The number of allylic oxidation sites excluding steroid dienone is 1. The molecule has 0 saturated heterocycles. The Morgan fingerprint density at radius 1 is 0.559 bits per heavy atom. The van der Waals surface area contributed by atoms with E-state index in [2.05, 4.69) is 164 Å². The van der Waals surface area contributed by atoms with Gasteiger partial charge in [-0.1, -0.05) is 146 Å². The number of aliphatic imine (C=N–C) groups is 2. The lowest BCUT2D eigenvalue weighted by molar-refractivity contribution is 0.664. The van der Waals surface area contributed by atoms with Gasteiger partial charge in [-0.3, -0.25) is 0 Å². The molecule has 59 heavy (non-hydrogen) atoms. The van der Waals surface area contributed by atoms with Gasteiger partial charge in [0.15, 0.2) is 5.84 Å². The van der Waals surface area contributed by atoms with Crippen molar-refractivity contribution in [3.63, 3.8) is 0 Å². The Balaban J connectivity index is 1.01. The van der Waals surface area contributed by atoms with Crippen molar-refractivity contribution in [1.29, 1.82) is 0 Å². The minimum absolute atomic E-state index is 0.359. The van der Waals surface area contributed by atoms with E-state index in [9.17, 15) is 0 Å². The Kier molecular flexibility index (Phi) is 7.57. The molecule has 2 atom stereocenters. The smallest absolute Gasteiger partial charge is 0.160 e. The van der Waals surface area contributed by atoms with Crippen LogP contribution in [0.5, 0.6) is 0 Å². The van der Waals surface area contributed by atoms with Crippen molar-refractivity contribution >= 4 is 72.4 Å². The van der Waals surface area contributed by atoms with Gasteiger partial charge in [0.1, 0.15) is 34.3 Å². The molecule has 0 bridgehead atoms. The van der Waals surface area contributed by atoms with Crippen LogP contribution in [0.2, 0.25) is 0 Å². The van der Waals surface area contributed by atoms with Crippen molar-refractivity contribution in [2.45, 2.75) is 25.4 Å². The maximum atomic E-state index is 6.73. The van der Waals surface area contributed by atoms with E-state index in [1.54, 1.807) is 0 Å². The molecule has 0 saturated carbocycles. The van der Waals surface area contributed by atoms with Crippen LogP contribution in [0.25, 0.3) is 83.0 Å². The van der Waals surface area contributed by atoms with Crippen molar-refractivity contribution in [3.8, 4) is 22.3 Å². The quantitative estimate of drug-likeness (QED) is 0.190. The highest BCUT2D eigenvalue weighted by molar-refractivity contribution is 6.23. The predicted molar refractivity (Wildman–Crippen MR) is 243 cm³/mol. The second-order valence-corrected chi connectivity index (χ2v) is 15.8. The first-order valence-electron chi connectivity index (χ1n) is 20.3. The molecule has 0 amide bonds. The highest BCUT2D eigenvalue weighted by Crippen LogP contribution is 2.45. The van der Waals surface area contributed by atoms with E-state index in [0.717, 1.165) is 94.9 Å². The normalized spacial score (nSPS) is 16.4. The third-order valence-electron chi connectivity index (χ3n) is 12.2. The summed E-state index contributed by atoms with van der Waals surface area (Å²) >= 11 is 0. The van der Waals surface area contributed by atoms with E-state index in [4.69, 9.17) is 18.8 Å². The van der Waals surface area contributed by atoms with Gasteiger partial charge in [0, 0.05) is 38.2 Å². The first kappa shape index (κ1) is 33.6. The topological polar surface area (TPSA) is 63.0 Å². The fourth-order valence-electron chi connectivity index (χ4n) is 9.15. The van der Waals surface area contributed by atoms with Gasteiger partial charge in [0.2, 0.25) is 0 Å². The Hall–Kier alpha value is -7.50. The van der Waals surface area contributed by atoms with Crippen molar-refractivity contribution in [2.75, 3.05) is 0 Å². The van der Waals surface area contributed by atoms with Gasteiger partial charge in [-0.05, 0) is 92.9 Å². The molecule has 5 nitrogen and oxygen atoms in total. The number of fused-ring (bicyclic) bond motifs is 9. The summed E-state index contributed by atoms with van der Waals surface area (Å²) in [6.45, 7) is 2.30. The molecule has 0 radical (unpaired) electrons. The fraction of sp³-hybridized carbons (Fsp3) is 0.0741. The number of furan rings is 2. The minimum Gasteiger partial charge on any atom is -0.456 e. The summed E-state index contributed by atoms with van der Waals surface area (Å²) in [4.78, 5) is 10.6. The zero-order valence-electron chi connectivity index (χ0n) is 32.3. The van der Waals surface area contributed by atoms with Crippen molar-refractivity contribution < 1.29 is 8.83 Å². The molecular weight excluding hydrogens is 723 g/mol. The number of nitrogens with zero attached hydrogens (tertiary/aromatic N) is 2. The number of benzene rings is 8. The van der Waals surface area contributed by atoms with Crippen LogP contribution in [-0.4, -0.2) is 11.7 Å². The van der Waals surface area contributed by atoms with Crippen LogP contribution in [0, 0.1) is 0 Å². The second-order valence-electron chi connectivity index (χ2n) is 15.8. The highest BCUT2D eigenvalue weighted by Gasteiger charge is 2.26. The summed E-state index contributed by atoms with van der Waals surface area (Å²) in [5, 5.41) is 10.3. The molecule has 1 aliphatic carbocycles. The van der Waals surface area contributed by atoms with Crippen molar-refractivity contribution in [1.82, 2.24) is 5.32 Å². The maximum absolute atomic E-state index is 6.73. The molecular formula is C54H37N3O2. The zero-order chi connectivity index (χ0) is 39.0. The predicted octanol–water partition coefficient (Wildman–Crippen LogP) is 14.0. The van der Waals surface area contributed by atoms with Crippen LogP contribution in [0.3, 0.4) is 0 Å². The summed E-state index contributed by atoms with van der Waals surface area (Å²) in [5.74, 6) is 1.82. The largest absolute Gasteiger partial charge is 0.456 e. The maximum Gasteiger partial charge on any atom is 0.160 e. The number of rotatable bonds is 5. The van der Waals surface area contributed by atoms with Gasteiger partial charge in [0.05, 0.1) is 0 Å². The van der Waals surface area contributed by atoms with Crippen LogP contribution in [0.4, 0.5) is 0 Å². The van der Waals surface area contributed by atoms with Crippen molar-refractivity contribution in [2.24, 2.45) is 9.98 Å². The number of nitrogens with one attached hydrogen (secondary N) is 1. The van der Waals surface area contributed by atoms with Crippen molar-refractivity contribution in [3.05, 3.63) is 198 Å². The molecule has 0 spiro atoms. The van der Waals surface area contributed by atoms with Crippen LogP contribution in [0.1, 0.15) is 53.2 Å². The molecule has 2 aromatic heterocycles. The van der Waals surface area contributed by atoms with Gasteiger partial charge >= 0.3 is 0 Å². The average molecular weight is 760 g/mol. The Morgan fingerprint density at radius 2 is 1.31 bits per heavy atom. The average Bonchev–Trinajstić information content (AvgIpc) is 3.88. The molecule has 5 heteroatoms. The third-order valence-corrected chi connectivity index (χ3v) is 12.2. The third kappa shape index (κ3) is 5.53. The molecule has 12 rings (SSSR count). The van der Waals surface area contributed by atoms with Gasteiger partial charge < -0.3 is 14.2 Å². The Bertz CT molecular complexity index is 3400. The summed E-state index contributed by atoms with van der Waals surface area (Å²) in [6.07, 6.45) is 5.15. The van der Waals surface area contributed by atoms with E-state index in [0.29, 0.717) is 11.8 Å². The number of para-hydroxylation sites is 1. The molecule has 2 unspecified atom stereocenters. The van der Waals surface area contributed by atoms with Crippen LogP contribution < -0.4 is 5.32 Å². The molecule has 1 N–H and O–H groups in total. The highest BCUT2D eigenvalue weighted by atomic mass is 16.3. The lowest BCUT2D eigenvalue weighted by atomic mass is 9.84. The van der Waals surface area contributed by atoms with Gasteiger partial charge in [-0.15, -0.1) is 0 Å². The number of hydrogen-bond acceptors (Lipinski definition) is 5. The second kappa shape index (κ2) is 13.3. The van der Waals surface area contributed by atoms with Gasteiger partial charge in [-0.2, -0.15) is 0 Å². The van der Waals surface area contributed by atoms with E-state index < -0.39 is 0 Å². The number of hydrogen-bond donors (Lipinski definition) is 1. The van der Waals surface area contributed by atoms with Crippen LogP contribution in [-0.2, 0) is 0 Å². The standard InChI is InChI=1S/C54H37N3O2/c1-32-11-9-17-40-44(32)31-45(50-41-16-7-8-19-46(41)59-51(40)50)38-27-28-42-48(30-38)58-47-20-10-18-43(49(42)47)54-56-52(36-24-21-35(22-25-36)33-12-3-2-4-13-33)55-53(57-54)39-26-23-34-14-5-6-15-37(34)29-39/h2-10,12-32,52H,11H2,1H3,(H,55,56,57). The van der Waals surface area contributed by atoms with E-state index in [1.165, 1.54) is 22.1 Å². The zero-order valence-corrected chi connectivity index (χ0v) is 32.3. The number of amidine groups is 2. The molecule has 280 valence electrons. The van der Waals surface area contributed by atoms with E-state index >= 15 is 0 Å². The van der Waals surface area contributed by atoms with Gasteiger partial charge in [0.25, 0.3) is 0 Å². The molecule has 1 aliphatic heterocycles. The minimum atomic E-state index is -0.359. The van der Waals surface area contributed by atoms with Crippen LogP contribution >= 0.6 is 0 Å². The molecule has 10 aromatic rings. The summed E-state index contributed by atoms with van der Waals surface area (Å²) < 4.78 is 13.3. The molecule has 3 heterocycles. The van der Waals surface area contributed by atoms with Gasteiger partial charge in [-0.25, -0.2) is 9.98 Å². The Labute approximate surface area is 340 Å². The first-order valence-corrected chi connectivity index (χ1v) is 20.3. The molecule has 0 fully saturated rings. The lowest BCUT2D eigenvalue weighted by Gasteiger charge is -2.24. The van der Waals surface area contributed by atoms with E-state index in [1.807, 2.05) is 24.3 Å². The lowest BCUT2D eigenvalue weighted by Crippen LogP contribution is -2.33. The first-order chi connectivity index (χ1) is 29.1. The van der Waals surface area contributed by atoms with Crippen LogP contribution in [0.15, 0.2) is 189 Å². The summed E-state index contributed by atoms with van der Waals surface area (Å²) in [5.41, 5.74) is 13.5. The monoisotopic (exact) mass is 759 g/mol. The SMILES string of the molecule is CC1CC=Cc2c1cc(-c1ccc3c(c1)oc1cccc(C4=NC(c5ccc(-c6ccccc6)cc5)NC(c5ccc6ccccc6c5)=N4)c13)c1c2oc2ccccc21. The fourth-order valence-corrected chi connectivity index (χ4v) is 9.15. The summed E-state index contributed by atoms with van der Waals surface area (Å²) in [7, 11) is 0. The van der Waals surface area contributed by atoms with E-state index in [-0.39, 0.29) is 6.17 Å². The summed E-state index contributed by atoms with van der Waals surface area (Å²) in [6, 6.07) is 57.6. The Morgan fingerprint density at radius 3 is 2.20 bits per heavy atom. The molecule has 8 aromatic carbocycles.